The van der Waals surface area contributed by atoms with E-state index in [2.05, 4.69) is 15.2 Å². The van der Waals surface area contributed by atoms with Gasteiger partial charge in [-0.2, -0.15) is 0 Å². The molecule has 0 saturated carbocycles. The van der Waals surface area contributed by atoms with Crippen LogP contribution in [0.2, 0.25) is 0 Å². The van der Waals surface area contributed by atoms with Crippen molar-refractivity contribution in [3.05, 3.63) is 52.5 Å². The highest BCUT2D eigenvalue weighted by Gasteiger charge is 2.19. The summed E-state index contributed by atoms with van der Waals surface area (Å²) in [6, 6.07) is 9.28. The zero-order valence-corrected chi connectivity index (χ0v) is 12.0. The first-order valence-corrected chi connectivity index (χ1v) is 7.05. The monoisotopic (exact) mass is 286 g/mol. The van der Waals surface area contributed by atoms with Crippen molar-refractivity contribution in [2.45, 2.75) is 19.9 Å². The average molecular weight is 286 g/mol. The number of aromatic nitrogens is 3. The van der Waals surface area contributed by atoms with E-state index in [1.165, 1.54) is 0 Å². The number of nitrogens with two attached hydrogens (primary N) is 1. The molecule has 1 aromatic carbocycles. The van der Waals surface area contributed by atoms with E-state index in [1.54, 1.807) is 11.3 Å². The molecule has 20 heavy (non-hydrogen) atoms. The Morgan fingerprint density at radius 1 is 1.15 bits per heavy atom. The number of aryl methyl sites for hydroxylation is 2. The van der Waals surface area contributed by atoms with Gasteiger partial charge in [-0.15, -0.1) is 21.5 Å². The van der Waals surface area contributed by atoms with Crippen LogP contribution in [0.1, 0.15) is 28.2 Å². The Morgan fingerprint density at radius 2 is 1.90 bits per heavy atom. The number of benzene rings is 1. The van der Waals surface area contributed by atoms with Gasteiger partial charge >= 0.3 is 0 Å². The lowest BCUT2D eigenvalue weighted by molar-refractivity contribution is 0.484. The third kappa shape index (κ3) is 2.35. The third-order valence-electron chi connectivity index (χ3n) is 2.96. The van der Waals surface area contributed by atoms with E-state index >= 15 is 0 Å². The van der Waals surface area contributed by atoms with Crippen molar-refractivity contribution in [2.75, 3.05) is 0 Å². The number of nitrogens with zero attached hydrogens (tertiary/aromatic N) is 3. The molecule has 0 fully saturated rings. The maximum absolute atomic E-state index is 6.14. The van der Waals surface area contributed by atoms with Gasteiger partial charge in [0.1, 0.15) is 10.9 Å². The SMILES string of the molecule is Cc1nc(C)c(-c2nnc(C(N)c3ccccc3)o2)s1. The predicted octanol–water partition coefficient (Wildman–Crippen LogP) is 2.86. The van der Waals surface area contributed by atoms with Crippen molar-refractivity contribution in [1.29, 1.82) is 0 Å². The Kier molecular flexibility index (Phi) is 3.33. The van der Waals surface area contributed by atoms with E-state index in [1.807, 2.05) is 44.2 Å². The summed E-state index contributed by atoms with van der Waals surface area (Å²) in [4.78, 5) is 5.26. The van der Waals surface area contributed by atoms with Gasteiger partial charge in [-0.3, -0.25) is 0 Å². The Hall–Kier alpha value is -2.05. The molecule has 1 atom stereocenters. The molecule has 3 aromatic rings. The minimum atomic E-state index is -0.410. The summed E-state index contributed by atoms with van der Waals surface area (Å²) < 4.78 is 5.70. The summed E-state index contributed by atoms with van der Waals surface area (Å²) in [6.07, 6.45) is 0. The molecule has 2 heterocycles. The van der Waals surface area contributed by atoms with Crippen LogP contribution in [-0.4, -0.2) is 15.2 Å². The molecule has 0 amide bonds. The summed E-state index contributed by atoms with van der Waals surface area (Å²) in [5.74, 6) is 0.895. The Morgan fingerprint density at radius 3 is 2.55 bits per heavy atom. The highest BCUT2D eigenvalue weighted by atomic mass is 32.1. The topological polar surface area (TPSA) is 77.8 Å². The number of rotatable bonds is 3. The quantitative estimate of drug-likeness (QED) is 0.801. The van der Waals surface area contributed by atoms with Gasteiger partial charge in [-0.25, -0.2) is 4.98 Å². The van der Waals surface area contributed by atoms with Crippen molar-refractivity contribution < 1.29 is 4.42 Å². The van der Waals surface area contributed by atoms with Gasteiger partial charge in [0.15, 0.2) is 0 Å². The lowest BCUT2D eigenvalue weighted by Gasteiger charge is -2.06. The molecule has 0 radical (unpaired) electrons. The smallest absolute Gasteiger partial charge is 0.259 e. The van der Waals surface area contributed by atoms with Crippen LogP contribution in [0.15, 0.2) is 34.7 Å². The molecule has 0 aliphatic rings. The van der Waals surface area contributed by atoms with Crippen molar-refractivity contribution in [3.8, 4) is 10.8 Å². The van der Waals surface area contributed by atoms with Gasteiger partial charge in [-0.05, 0) is 19.4 Å². The van der Waals surface area contributed by atoms with E-state index in [-0.39, 0.29) is 0 Å². The average Bonchev–Trinajstić information content (AvgIpc) is 3.05. The Labute approximate surface area is 120 Å². The fourth-order valence-electron chi connectivity index (χ4n) is 1.98. The molecule has 5 nitrogen and oxygen atoms in total. The standard InChI is InChI=1S/C14H14N4OS/c1-8-12(20-9(2)16-8)14-18-17-13(19-14)11(15)10-6-4-3-5-7-10/h3-7,11H,15H2,1-2H3. The summed E-state index contributed by atoms with van der Waals surface area (Å²) in [5, 5.41) is 9.11. The van der Waals surface area contributed by atoms with E-state index < -0.39 is 6.04 Å². The van der Waals surface area contributed by atoms with Crippen LogP contribution in [0.5, 0.6) is 0 Å². The molecular formula is C14H14N4OS. The fourth-order valence-corrected chi connectivity index (χ4v) is 2.83. The van der Waals surface area contributed by atoms with E-state index in [4.69, 9.17) is 10.2 Å². The van der Waals surface area contributed by atoms with Crippen LogP contribution < -0.4 is 5.73 Å². The first-order chi connectivity index (χ1) is 9.65. The minimum Gasteiger partial charge on any atom is -0.418 e. The zero-order chi connectivity index (χ0) is 14.1. The Balaban J connectivity index is 1.93. The van der Waals surface area contributed by atoms with Crippen molar-refractivity contribution in [1.82, 2.24) is 15.2 Å². The summed E-state index contributed by atoms with van der Waals surface area (Å²) >= 11 is 1.54. The molecule has 102 valence electrons. The molecule has 0 spiro atoms. The molecule has 3 rings (SSSR count). The zero-order valence-electron chi connectivity index (χ0n) is 11.2. The van der Waals surface area contributed by atoms with Gasteiger partial charge in [0.2, 0.25) is 5.89 Å². The third-order valence-corrected chi connectivity index (χ3v) is 4.02. The van der Waals surface area contributed by atoms with Crippen molar-refractivity contribution in [3.63, 3.8) is 0 Å². The van der Waals surface area contributed by atoms with E-state index in [0.29, 0.717) is 11.8 Å². The maximum atomic E-state index is 6.14. The summed E-state index contributed by atoms with van der Waals surface area (Å²) in [7, 11) is 0. The second-order valence-electron chi connectivity index (χ2n) is 4.48. The number of thiazole rings is 1. The van der Waals surface area contributed by atoms with Crippen LogP contribution in [0.4, 0.5) is 0 Å². The molecule has 0 aliphatic heterocycles. The molecule has 1 unspecified atom stereocenters. The van der Waals surface area contributed by atoms with Gasteiger partial charge in [0.25, 0.3) is 5.89 Å². The number of hydrogen-bond acceptors (Lipinski definition) is 6. The predicted molar refractivity (Wildman–Crippen MR) is 77.4 cm³/mol. The first-order valence-electron chi connectivity index (χ1n) is 6.23. The molecule has 6 heteroatoms. The molecule has 2 aromatic heterocycles. The van der Waals surface area contributed by atoms with E-state index in [0.717, 1.165) is 21.1 Å². The van der Waals surface area contributed by atoms with Crippen molar-refractivity contribution >= 4 is 11.3 Å². The van der Waals surface area contributed by atoms with Crippen LogP contribution >= 0.6 is 11.3 Å². The van der Waals surface area contributed by atoms with Gasteiger partial charge in [-0.1, -0.05) is 30.3 Å². The summed E-state index contributed by atoms with van der Waals surface area (Å²) in [5.41, 5.74) is 7.99. The van der Waals surface area contributed by atoms with Crippen LogP contribution in [0.3, 0.4) is 0 Å². The second-order valence-corrected chi connectivity index (χ2v) is 5.68. The lowest BCUT2D eigenvalue weighted by atomic mass is 10.1. The highest BCUT2D eigenvalue weighted by molar-refractivity contribution is 7.15. The molecule has 0 aliphatic carbocycles. The second kappa shape index (κ2) is 5.15. The van der Waals surface area contributed by atoms with Crippen LogP contribution in [0, 0.1) is 13.8 Å². The maximum Gasteiger partial charge on any atom is 0.259 e. The van der Waals surface area contributed by atoms with Gasteiger partial charge in [0.05, 0.1) is 10.7 Å². The molecular weight excluding hydrogens is 272 g/mol. The lowest BCUT2D eigenvalue weighted by Crippen LogP contribution is -2.11. The summed E-state index contributed by atoms with van der Waals surface area (Å²) in [6.45, 7) is 3.88. The highest BCUT2D eigenvalue weighted by Crippen LogP contribution is 2.30. The molecule has 2 N–H and O–H groups in total. The van der Waals surface area contributed by atoms with Crippen molar-refractivity contribution in [2.24, 2.45) is 5.73 Å². The normalized spacial score (nSPS) is 12.6. The van der Waals surface area contributed by atoms with Gasteiger partial charge < -0.3 is 10.2 Å². The van der Waals surface area contributed by atoms with Crippen LogP contribution in [-0.2, 0) is 0 Å². The van der Waals surface area contributed by atoms with E-state index in [9.17, 15) is 0 Å². The first kappa shape index (κ1) is 13.0. The largest absolute Gasteiger partial charge is 0.418 e. The molecule has 0 bridgehead atoms. The number of hydrogen-bond donors (Lipinski definition) is 1. The van der Waals surface area contributed by atoms with Crippen LogP contribution in [0.25, 0.3) is 10.8 Å². The Bertz CT molecular complexity index is 720. The fraction of sp³-hybridized carbons (Fsp3) is 0.214. The molecule has 0 saturated heterocycles. The van der Waals surface area contributed by atoms with Gasteiger partial charge in [0, 0.05) is 0 Å². The minimum absolute atomic E-state index is 0.410.